The Morgan fingerprint density at radius 2 is 1.19 bits per heavy atom. The van der Waals surface area contributed by atoms with Gasteiger partial charge in [-0.25, -0.2) is 4.79 Å². The van der Waals surface area contributed by atoms with Crippen molar-refractivity contribution in [2.45, 2.75) is 6.92 Å². The zero-order chi connectivity index (χ0) is 22.5. The maximum atomic E-state index is 13.5. The van der Waals surface area contributed by atoms with E-state index in [4.69, 9.17) is 4.74 Å². The summed E-state index contributed by atoms with van der Waals surface area (Å²) in [6.45, 7) is 1.85. The molecule has 0 saturated carbocycles. The first-order valence-corrected chi connectivity index (χ1v) is 10.4. The Morgan fingerprint density at radius 1 is 0.719 bits per heavy atom. The number of carbonyl (C=O) groups is 2. The summed E-state index contributed by atoms with van der Waals surface area (Å²) < 4.78 is 5.25. The zero-order valence-corrected chi connectivity index (χ0v) is 17.6. The lowest BCUT2D eigenvalue weighted by atomic mass is 9.86. The molecule has 0 aromatic heterocycles. The van der Waals surface area contributed by atoms with Crippen molar-refractivity contribution < 1.29 is 19.4 Å². The van der Waals surface area contributed by atoms with E-state index in [0.29, 0.717) is 16.7 Å². The largest absolute Gasteiger partial charge is 0.506 e. The fourth-order valence-corrected chi connectivity index (χ4v) is 3.73. The van der Waals surface area contributed by atoms with Crippen molar-refractivity contribution in [1.29, 1.82) is 0 Å². The van der Waals surface area contributed by atoms with E-state index >= 15 is 0 Å². The zero-order valence-electron chi connectivity index (χ0n) is 17.6. The minimum Gasteiger partial charge on any atom is -0.506 e. The highest BCUT2D eigenvalue weighted by Crippen LogP contribution is 2.41. The first-order valence-electron chi connectivity index (χ1n) is 10.4. The highest BCUT2D eigenvalue weighted by atomic mass is 16.5. The van der Waals surface area contributed by atoms with Crippen molar-refractivity contribution in [1.82, 2.24) is 0 Å². The van der Waals surface area contributed by atoms with E-state index in [1.165, 1.54) is 0 Å². The molecule has 0 bridgehead atoms. The van der Waals surface area contributed by atoms with Gasteiger partial charge in [-0.05, 0) is 29.7 Å². The van der Waals surface area contributed by atoms with Crippen LogP contribution in [0, 0.1) is 0 Å². The quantitative estimate of drug-likeness (QED) is 0.300. The molecule has 0 unspecified atom stereocenters. The Bertz CT molecular complexity index is 1250. The molecule has 4 aromatic rings. The van der Waals surface area contributed by atoms with Crippen molar-refractivity contribution in [3.05, 3.63) is 114 Å². The summed E-state index contributed by atoms with van der Waals surface area (Å²) in [7, 11) is 0. The summed E-state index contributed by atoms with van der Waals surface area (Å²) in [4.78, 5) is 26.5. The van der Waals surface area contributed by atoms with Crippen molar-refractivity contribution in [2.75, 3.05) is 6.61 Å². The first kappa shape index (κ1) is 21.1. The third-order valence-electron chi connectivity index (χ3n) is 5.21. The van der Waals surface area contributed by atoms with Crippen LogP contribution in [0.4, 0.5) is 0 Å². The van der Waals surface area contributed by atoms with E-state index in [1.54, 1.807) is 37.3 Å². The number of ketones is 1. The molecule has 4 aromatic carbocycles. The van der Waals surface area contributed by atoms with Crippen LogP contribution in [-0.2, 0) is 4.74 Å². The normalized spacial score (nSPS) is 10.5. The SMILES string of the molecule is CCOC(=O)c1c(-c2ccccc2)cc(-c2ccccc2)c(C(=O)c2ccccc2)c1O. The second-order valence-electron chi connectivity index (χ2n) is 7.22. The van der Waals surface area contributed by atoms with Gasteiger partial charge in [-0.3, -0.25) is 4.79 Å². The molecule has 0 amide bonds. The third-order valence-corrected chi connectivity index (χ3v) is 5.21. The molecule has 0 spiro atoms. The molecular weight excluding hydrogens is 400 g/mol. The minimum atomic E-state index is -0.675. The van der Waals surface area contributed by atoms with E-state index in [1.807, 2.05) is 66.7 Å². The second-order valence-corrected chi connectivity index (χ2v) is 7.22. The summed E-state index contributed by atoms with van der Waals surface area (Å²) in [6.07, 6.45) is 0. The van der Waals surface area contributed by atoms with Crippen molar-refractivity contribution in [2.24, 2.45) is 0 Å². The third kappa shape index (κ3) is 4.03. The van der Waals surface area contributed by atoms with Gasteiger partial charge in [0.15, 0.2) is 5.78 Å². The molecule has 0 atom stereocenters. The maximum absolute atomic E-state index is 13.5. The number of hydrogen-bond acceptors (Lipinski definition) is 4. The fourth-order valence-electron chi connectivity index (χ4n) is 3.73. The van der Waals surface area contributed by atoms with Crippen LogP contribution in [0.25, 0.3) is 22.3 Å². The lowest BCUT2D eigenvalue weighted by molar-refractivity contribution is 0.0524. The summed E-state index contributed by atoms with van der Waals surface area (Å²) in [5.74, 6) is -1.42. The van der Waals surface area contributed by atoms with Crippen LogP contribution in [-0.4, -0.2) is 23.5 Å². The van der Waals surface area contributed by atoms with Crippen molar-refractivity contribution in [3.8, 4) is 28.0 Å². The predicted molar refractivity (Wildman–Crippen MR) is 125 cm³/mol. The molecule has 4 rings (SSSR count). The molecule has 32 heavy (non-hydrogen) atoms. The van der Waals surface area contributed by atoms with Crippen LogP contribution in [0.3, 0.4) is 0 Å². The van der Waals surface area contributed by atoms with Gasteiger partial charge < -0.3 is 9.84 Å². The topological polar surface area (TPSA) is 63.6 Å². The van der Waals surface area contributed by atoms with Crippen LogP contribution in [0.1, 0.15) is 33.2 Å². The molecule has 0 heterocycles. The van der Waals surface area contributed by atoms with E-state index in [2.05, 4.69) is 0 Å². The molecule has 0 aliphatic rings. The first-order chi connectivity index (χ1) is 15.6. The smallest absolute Gasteiger partial charge is 0.342 e. The molecular formula is C28H22O4. The number of ether oxygens (including phenoxy) is 1. The van der Waals surface area contributed by atoms with Crippen molar-refractivity contribution in [3.63, 3.8) is 0 Å². The maximum Gasteiger partial charge on any atom is 0.342 e. The highest BCUT2D eigenvalue weighted by molar-refractivity contribution is 6.17. The molecule has 0 saturated heterocycles. The van der Waals surface area contributed by atoms with Gasteiger partial charge in [0.1, 0.15) is 11.3 Å². The van der Waals surface area contributed by atoms with Crippen LogP contribution in [0.5, 0.6) is 5.75 Å². The van der Waals surface area contributed by atoms with Crippen LogP contribution >= 0.6 is 0 Å². The predicted octanol–water partition coefficient (Wildman–Crippen LogP) is 6.13. The summed E-state index contributed by atoms with van der Waals surface area (Å²) in [5, 5.41) is 11.4. The van der Waals surface area contributed by atoms with Gasteiger partial charge in [0.05, 0.1) is 12.2 Å². The number of rotatable bonds is 6. The molecule has 4 heteroatoms. The van der Waals surface area contributed by atoms with Gasteiger partial charge in [0.2, 0.25) is 0 Å². The second kappa shape index (κ2) is 9.31. The number of esters is 1. The van der Waals surface area contributed by atoms with Gasteiger partial charge >= 0.3 is 5.97 Å². The standard InChI is InChI=1S/C28H22O4/c1-2-32-28(31)25-23(20-14-8-4-9-15-20)18-22(19-12-6-3-7-13-19)24(27(25)30)26(29)21-16-10-5-11-17-21/h3-18,30H,2H2,1H3. The summed E-state index contributed by atoms with van der Waals surface area (Å²) >= 11 is 0. The molecule has 0 aliphatic heterocycles. The average molecular weight is 422 g/mol. The van der Waals surface area contributed by atoms with Crippen molar-refractivity contribution >= 4 is 11.8 Å². The Kier molecular flexibility index (Phi) is 6.13. The van der Waals surface area contributed by atoms with E-state index in [0.717, 1.165) is 11.1 Å². The molecule has 158 valence electrons. The number of phenolic OH excluding ortho intramolecular Hbond substituents is 1. The van der Waals surface area contributed by atoms with E-state index in [-0.39, 0.29) is 29.3 Å². The monoisotopic (exact) mass is 422 g/mol. The number of benzene rings is 4. The summed E-state index contributed by atoms with van der Waals surface area (Å²) in [5.41, 5.74) is 3.02. The van der Waals surface area contributed by atoms with Crippen LogP contribution < -0.4 is 0 Å². The van der Waals surface area contributed by atoms with Crippen LogP contribution in [0.15, 0.2) is 97.1 Å². The van der Waals surface area contributed by atoms with Gasteiger partial charge in [-0.1, -0.05) is 91.0 Å². The number of aromatic hydroxyl groups is 1. The molecule has 0 fully saturated rings. The highest BCUT2D eigenvalue weighted by Gasteiger charge is 2.28. The average Bonchev–Trinajstić information content (AvgIpc) is 2.84. The van der Waals surface area contributed by atoms with E-state index in [9.17, 15) is 14.7 Å². The summed E-state index contributed by atoms with van der Waals surface area (Å²) in [6, 6.07) is 29.1. The van der Waals surface area contributed by atoms with Gasteiger partial charge in [-0.15, -0.1) is 0 Å². The molecule has 0 radical (unpaired) electrons. The number of carbonyl (C=O) groups excluding carboxylic acids is 2. The Balaban J connectivity index is 2.07. The van der Waals surface area contributed by atoms with Crippen LogP contribution in [0.2, 0.25) is 0 Å². The lowest BCUT2D eigenvalue weighted by Crippen LogP contribution is -2.12. The lowest BCUT2D eigenvalue weighted by Gasteiger charge is -2.18. The minimum absolute atomic E-state index is 0.0167. The van der Waals surface area contributed by atoms with E-state index < -0.39 is 5.97 Å². The van der Waals surface area contributed by atoms with Gasteiger partial charge in [0, 0.05) is 11.1 Å². The fraction of sp³-hybridized carbons (Fsp3) is 0.0714. The molecule has 0 aliphatic carbocycles. The number of phenols is 1. The Labute approximate surface area is 186 Å². The molecule has 4 nitrogen and oxygen atoms in total. The number of hydrogen-bond donors (Lipinski definition) is 1. The Morgan fingerprint density at radius 3 is 1.69 bits per heavy atom. The van der Waals surface area contributed by atoms with Gasteiger partial charge in [-0.2, -0.15) is 0 Å². The van der Waals surface area contributed by atoms with Gasteiger partial charge in [0.25, 0.3) is 0 Å². The Hall–Kier alpha value is -4.18. The molecule has 1 N–H and O–H groups in total.